The van der Waals surface area contributed by atoms with Crippen molar-refractivity contribution in [3.63, 3.8) is 0 Å². The largest absolute Gasteiger partial charge is 0.496 e. The van der Waals surface area contributed by atoms with Crippen LogP contribution >= 0.6 is 27.3 Å². The normalized spacial score (nSPS) is 14.7. The van der Waals surface area contributed by atoms with Gasteiger partial charge in [0.05, 0.1) is 46.3 Å². The summed E-state index contributed by atoms with van der Waals surface area (Å²) in [5.74, 6) is 0.970. The maximum absolute atomic E-state index is 14.8. The van der Waals surface area contributed by atoms with Crippen LogP contribution in [0.5, 0.6) is 23.1 Å². The Balaban J connectivity index is 1.13. The molecule has 1 aliphatic rings. The van der Waals surface area contributed by atoms with Gasteiger partial charge in [0.2, 0.25) is 12.0 Å². The zero-order valence-electron chi connectivity index (χ0n) is 29.5. The van der Waals surface area contributed by atoms with Crippen molar-refractivity contribution in [2.75, 3.05) is 20.3 Å². The van der Waals surface area contributed by atoms with Gasteiger partial charge < -0.3 is 28.4 Å². The van der Waals surface area contributed by atoms with Gasteiger partial charge in [0, 0.05) is 19.0 Å². The van der Waals surface area contributed by atoms with Crippen molar-refractivity contribution in [3.05, 3.63) is 107 Å². The first kappa shape index (κ1) is 37.1. The van der Waals surface area contributed by atoms with Crippen LogP contribution in [-0.2, 0) is 27.3 Å². The number of hydrogen-bond acceptors (Lipinski definition) is 12. The number of nitrogens with zero attached hydrogens (tertiary/aromatic N) is 4. The highest BCUT2D eigenvalue weighted by molar-refractivity contribution is 9.10. The van der Waals surface area contributed by atoms with E-state index in [1.807, 2.05) is 48.5 Å². The number of thiophene rings is 1. The summed E-state index contributed by atoms with van der Waals surface area (Å²) >= 11 is 5.09. The molecule has 1 saturated heterocycles. The molecule has 11 nitrogen and oxygen atoms in total. The van der Waals surface area contributed by atoms with Crippen LogP contribution in [0.2, 0.25) is 0 Å². The molecule has 14 heteroatoms. The molecule has 0 bridgehead atoms. The number of methoxy groups -OCH3 is 1. The quantitative estimate of drug-likeness (QED) is 0.0981. The van der Waals surface area contributed by atoms with Gasteiger partial charge in [0.1, 0.15) is 29.3 Å². The number of halogens is 2. The second-order valence-corrected chi connectivity index (χ2v) is 14.0. The monoisotopic (exact) mass is 814 g/mol. The Kier molecular flexibility index (Phi) is 11.9. The van der Waals surface area contributed by atoms with E-state index in [9.17, 15) is 9.18 Å². The molecule has 1 aliphatic heterocycles. The van der Waals surface area contributed by atoms with E-state index in [0.717, 1.165) is 23.3 Å². The Morgan fingerprint density at radius 1 is 1.02 bits per heavy atom. The first-order valence-corrected chi connectivity index (χ1v) is 19.0. The van der Waals surface area contributed by atoms with E-state index in [2.05, 4.69) is 30.9 Å². The molecular weight excluding hydrogens is 779 g/mol. The Morgan fingerprint density at radius 3 is 2.67 bits per heavy atom. The summed E-state index contributed by atoms with van der Waals surface area (Å²) < 4.78 is 50.6. The molecule has 0 spiro atoms. The highest BCUT2D eigenvalue weighted by atomic mass is 79.9. The van der Waals surface area contributed by atoms with E-state index in [0.29, 0.717) is 61.9 Å². The first-order chi connectivity index (χ1) is 26.4. The fraction of sp³-hybridized carbons (Fsp3) is 0.275. The third-order valence-corrected chi connectivity index (χ3v) is 10.8. The van der Waals surface area contributed by atoms with Crippen LogP contribution in [-0.4, -0.2) is 58.6 Å². The Morgan fingerprint density at radius 2 is 1.85 bits per heavy atom. The molecule has 0 amide bonds. The SMILES string of the molecule is CCOC(=O)[C@@H](Cc1ccccc1OCc1ccnc(-c2ccccc2OC)n1)Oc1ncnc2sc(-c3ccc(F)c(OC4CCCCO4)c3)c(Br)c12. The summed E-state index contributed by atoms with van der Waals surface area (Å²) in [6, 6.07) is 21.4. The van der Waals surface area contributed by atoms with Crippen LogP contribution in [0.1, 0.15) is 37.4 Å². The second kappa shape index (κ2) is 17.3. The lowest BCUT2D eigenvalue weighted by molar-refractivity contribution is -0.151. The minimum absolute atomic E-state index is 0.103. The van der Waals surface area contributed by atoms with Crippen LogP contribution in [0.4, 0.5) is 4.39 Å². The third-order valence-electron chi connectivity index (χ3n) is 8.60. The number of ether oxygens (including phenoxy) is 6. The molecular formula is C40H36BrFN4O7S. The van der Waals surface area contributed by atoms with Gasteiger partial charge in [-0.1, -0.05) is 36.4 Å². The molecule has 6 aromatic rings. The predicted octanol–water partition coefficient (Wildman–Crippen LogP) is 8.76. The number of para-hydroxylation sites is 2. The summed E-state index contributed by atoms with van der Waals surface area (Å²) in [7, 11) is 1.60. The smallest absolute Gasteiger partial charge is 0.347 e. The molecule has 3 aromatic carbocycles. The molecule has 4 heterocycles. The van der Waals surface area contributed by atoms with Gasteiger partial charge >= 0.3 is 5.97 Å². The van der Waals surface area contributed by atoms with Crippen molar-refractivity contribution >= 4 is 43.5 Å². The van der Waals surface area contributed by atoms with Gasteiger partial charge in [-0.05, 0) is 83.2 Å². The molecule has 0 radical (unpaired) electrons. The second-order valence-electron chi connectivity index (χ2n) is 12.2. The van der Waals surface area contributed by atoms with E-state index in [1.165, 1.54) is 23.7 Å². The highest BCUT2D eigenvalue weighted by Crippen LogP contribution is 2.45. The van der Waals surface area contributed by atoms with Crippen LogP contribution in [0.25, 0.3) is 32.0 Å². The number of carbonyl (C=O) groups is 1. The number of fused-ring (bicyclic) bond motifs is 1. The molecule has 0 saturated carbocycles. The molecule has 54 heavy (non-hydrogen) atoms. The molecule has 1 unspecified atom stereocenters. The molecule has 0 aliphatic carbocycles. The highest BCUT2D eigenvalue weighted by Gasteiger charge is 2.28. The molecule has 0 N–H and O–H groups in total. The fourth-order valence-corrected chi connectivity index (χ4v) is 7.95. The summed E-state index contributed by atoms with van der Waals surface area (Å²) in [6.45, 7) is 2.62. The number of hydrogen-bond donors (Lipinski definition) is 0. The van der Waals surface area contributed by atoms with E-state index >= 15 is 0 Å². The average molecular weight is 816 g/mol. The topological polar surface area (TPSA) is 124 Å². The van der Waals surface area contributed by atoms with Crippen molar-refractivity contribution in [3.8, 4) is 45.0 Å². The number of aromatic nitrogens is 4. The summed E-state index contributed by atoms with van der Waals surface area (Å²) in [5.41, 5.74) is 2.84. The predicted molar refractivity (Wildman–Crippen MR) is 204 cm³/mol. The Hall–Kier alpha value is -5.18. The molecule has 7 rings (SSSR count). The van der Waals surface area contributed by atoms with Gasteiger partial charge in [0.25, 0.3) is 0 Å². The molecule has 2 atom stereocenters. The number of esters is 1. The minimum atomic E-state index is -1.08. The van der Waals surface area contributed by atoms with Crippen LogP contribution in [0.3, 0.4) is 0 Å². The summed E-state index contributed by atoms with van der Waals surface area (Å²) in [6.07, 6.45) is 4.19. The molecule has 3 aromatic heterocycles. The summed E-state index contributed by atoms with van der Waals surface area (Å²) in [5, 5.41) is 0.563. The van der Waals surface area contributed by atoms with Crippen LogP contribution in [0.15, 0.2) is 89.8 Å². The Labute approximate surface area is 323 Å². The van der Waals surface area contributed by atoms with Gasteiger partial charge in [-0.25, -0.2) is 29.1 Å². The average Bonchev–Trinajstić information content (AvgIpc) is 3.55. The van der Waals surface area contributed by atoms with E-state index in [-0.39, 0.29) is 31.3 Å². The van der Waals surface area contributed by atoms with Crippen molar-refractivity contribution in [2.45, 2.75) is 51.6 Å². The van der Waals surface area contributed by atoms with Crippen LogP contribution < -0.4 is 18.9 Å². The lowest BCUT2D eigenvalue weighted by Gasteiger charge is -2.23. The molecule has 278 valence electrons. The van der Waals surface area contributed by atoms with Gasteiger partial charge in [-0.15, -0.1) is 11.3 Å². The first-order valence-electron chi connectivity index (χ1n) is 17.4. The maximum Gasteiger partial charge on any atom is 0.347 e. The summed E-state index contributed by atoms with van der Waals surface area (Å²) in [4.78, 5) is 32.8. The molecule has 1 fully saturated rings. The van der Waals surface area contributed by atoms with Gasteiger partial charge in [-0.3, -0.25) is 0 Å². The standard InChI is InChI=1S/C40H36BrFN4O7S/c1-3-49-40(47)32(20-24-10-4-6-12-29(24)51-22-26-17-18-43-37(46-26)27-11-5-7-13-30(27)48-2)53-38-34-35(41)36(54-39(34)45-23-44-38)25-15-16-28(42)31(21-25)52-33-14-8-9-19-50-33/h4-7,10-13,15-18,21,23,32-33H,3,8-9,14,19-20,22H2,1-2H3/t32-,33?/m1/s1. The van der Waals surface area contributed by atoms with Gasteiger partial charge in [-0.2, -0.15) is 0 Å². The van der Waals surface area contributed by atoms with Crippen molar-refractivity contribution < 1.29 is 37.6 Å². The fourth-order valence-electron chi connectivity index (χ4n) is 5.97. The number of rotatable bonds is 14. The van der Waals surface area contributed by atoms with Crippen molar-refractivity contribution in [1.82, 2.24) is 19.9 Å². The third kappa shape index (κ3) is 8.46. The van der Waals surface area contributed by atoms with E-state index in [4.69, 9.17) is 33.4 Å². The lowest BCUT2D eigenvalue weighted by Crippen LogP contribution is -2.32. The zero-order chi connectivity index (χ0) is 37.4. The van der Waals surface area contributed by atoms with E-state index in [1.54, 1.807) is 38.4 Å². The number of benzene rings is 3. The lowest BCUT2D eigenvalue weighted by atomic mass is 10.1. The minimum Gasteiger partial charge on any atom is -0.496 e. The van der Waals surface area contributed by atoms with E-state index < -0.39 is 24.2 Å². The number of carbonyl (C=O) groups excluding carboxylic acids is 1. The van der Waals surface area contributed by atoms with Gasteiger partial charge in [0.15, 0.2) is 23.7 Å². The zero-order valence-corrected chi connectivity index (χ0v) is 31.9. The maximum atomic E-state index is 14.8. The van der Waals surface area contributed by atoms with Crippen molar-refractivity contribution in [1.29, 1.82) is 0 Å². The van der Waals surface area contributed by atoms with Crippen LogP contribution in [0, 0.1) is 5.82 Å². The Bertz CT molecular complexity index is 2250. The van der Waals surface area contributed by atoms with Crippen molar-refractivity contribution in [2.24, 2.45) is 0 Å².